The van der Waals surface area contributed by atoms with Gasteiger partial charge < -0.3 is 15.4 Å². The standard InChI is InChI=1S/C17H24N2O2/c1-12(2)9-15(20)11-19-17(21)6-4-13-3-5-16-14(10-13)7-8-18-16/h3,5,7-8,10,12,15,18,20H,4,6,9,11H2,1-2H3,(H,19,21). The first kappa shape index (κ1) is 15.6. The highest BCUT2D eigenvalue weighted by Gasteiger charge is 2.09. The van der Waals surface area contributed by atoms with Gasteiger partial charge in [-0.15, -0.1) is 0 Å². The van der Waals surface area contributed by atoms with Gasteiger partial charge in [-0.2, -0.15) is 0 Å². The number of aliphatic hydroxyl groups is 1. The second kappa shape index (κ2) is 7.27. The Balaban J connectivity index is 1.75. The van der Waals surface area contributed by atoms with Crippen molar-refractivity contribution in [1.82, 2.24) is 10.3 Å². The topological polar surface area (TPSA) is 65.1 Å². The van der Waals surface area contributed by atoms with Crippen LogP contribution in [0.3, 0.4) is 0 Å². The molecule has 0 spiro atoms. The van der Waals surface area contributed by atoms with Gasteiger partial charge >= 0.3 is 0 Å². The number of fused-ring (bicyclic) bond motifs is 1. The number of carbonyl (C=O) groups excluding carboxylic acids is 1. The quantitative estimate of drug-likeness (QED) is 0.733. The van der Waals surface area contributed by atoms with Crippen molar-refractivity contribution in [1.29, 1.82) is 0 Å². The van der Waals surface area contributed by atoms with Gasteiger partial charge in [-0.3, -0.25) is 4.79 Å². The fourth-order valence-corrected chi connectivity index (χ4v) is 2.46. The average molecular weight is 288 g/mol. The Morgan fingerprint density at radius 3 is 2.90 bits per heavy atom. The van der Waals surface area contributed by atoms with E-state index in [1.165, 1.54) is 5.39 Å². The van der Waals surface area contributed by atoms with Crippen LogP contribution in [0.4, 0.5) is 0 Å². The Hall–Kier alpha value is -1.81. The number of nitrogens with one attached hydrogen (secondary N) is 2. The molecule has 114 valence electrons. The van der Waals surface area contributed by atoms with Crippen molar-refractivity contribution in [3.05, 3.63) is 36.0 Å². The van der Waals surface area contributed by atoms with Crippen LogP contribution in [0.15, 0.2) is 30.5 Å². The van der Waals surface area contributed by atoms with Crippen molar-refractivity contribution in [3.63, 3.8) is 0 Å². The average Bonchev–Trinajstić information content (AvgIpc) is 2.89. The molecule has 1 heterocycles. The summed E-state index contributed by atoms with van der Waals surface area (Å²) in [6.07, 6.45) is 3.34. The number of carbonyl (C=O) groups is 1. The van der Waals surface area contributed by atoms with E-state index in [2.05, 4.69) is 30.2 Å². The van der Waals surface area contributed by atoms with E-state index in [0.717, 1.165) is 11.1 Å². The third-order valence-electron chi connectivity index (χ3n) is 3.54. The fraction of sp³-hybridized carbons (Fsp3) is 0.471. The Kier molecular flexibility index (Phi) is 5.39. The van der Waals surface area contributed by atoms with E-state index in [-0.39, 0.29) is 5.91 Å². The summed E-state index contributed by atoms with van der Waals surface area (Å²) in [7, 11) is 0. The van der Waals surface area contributed by atoms with E-state index in [1.54, 1.807) is 0 Å². The van der Waals surface area contributed by atoms with Crippen molar-refractivity contribution in [3.8, 4) is 0 Å². The molecular formula is C17H24N2O2. The first-order valence-corrected chi connectivity index (χ1v) is 7.55. The molecule has 4 heteroatoms. The smallest absolute Gasteiger partial charge is 0.220 e. The molecule has 2 rings (SSSR count). The highest BCUT2D eigenvalue weighted by atomic mass is 16.3. The maximum Gasteiger partial charge on any atom is 0.220 e. The number of aryl methyl sites for hydroxylation is 1. The summed E-state index contributed by atoms with van der Waals surface area (Å²) < 4.78 is 0. The second-order valence-electron chi connectivity index (χ2n) is 5.99. The van der Waals surface area contributed by atoms with Crippen LogP contribution in [0.25, 0.3) is 10.9 Å². The minimum atomic E-state index is -0.454. The molecule has 1 amide bonds. The van der Waals surface area contributed by atoms with Crippen LogP contribution in [0.2, 0.25) is 0 Å². The second-order valence-corrected chi connectivity index (χ2v) is 5.99. The molecule has 1 aromatic carbocycles. The van der Waals surface area contributed by atoms with E-state index in [9.17, 15) is 9.90 Å². The van der Waals surface area contributed by atoms with Crippen LogP contribution in [0.1, 0.15) is 32.3 Å². The van der Waals surface area contributed by atoms with Crippen molar-refractivity contribution in [2.45, 2.75) is 39.2 Å². The Bertz CT molecular complexity index is 589. The van der Waals surface area contributed by atoms with Crippen LogP contribution < -0.4 is 5.32 Å². The number of amides is 1. The number of H-pyrrole nitrogens is 1. The molecule has 0 bridgehead atoms. The molecule has 0 aliphatic rings. The summed E-state index contributed by atoms with van der Waals surface area (Å²) >= 11 is 0. The molecular weight excluding hydrogens is 264 g/mol. The molecule has 0 saturated heterocycles. The van der Waals surface area contributed by atoms with Gasteiger partial charge in [0.1, 0.15) is 0 Å². The summed E-state index contributed by atoms with van der Waals surface area (Å²) in [4.78, 5) is 14.9. The minimum absolute atomic E-state index is 0.00743. The van der Waals surface area contributed by atoms with Gasteiger partial charge in [0.25, 0.3) is 0 Å². The number of aromatic amines is 1. The predicted molar refractivity (Wildman–Crippen MR) is 85.1 cm³/mol. The molecule has 2 aromatic rings. The number of aliphatic hydroxyl groups excluding tert-OH is 1. The molecule has 1 aromatic heterocycles. The van der Waals surface area contributed by atoms with E-state index >= 15 is 0 Å². The van der Waals surface area contributed by atoms with Crippen LogP contribution in [-0.2, 0) is 11.2 Å². The molecule has 0 aliphatic heterocycles. The van der Waals surface area contributed by atoms with Crippen LogP contribution in [0, 0.1) is 5.92 Å². The molecule has 21 heavy (non-hydrogen) atoms. The SMILES string of the molecule is CC(C)CC(O)CNC(=O)CCc1ccc2[nH]ccc2c1. The number of rotatable bonds is 7. The van der Waals surface area contributed by atoms with Crippen LogP contribution >= 0.6 is 0 Å². The highest BCUT2D eigenvalue weighted by molar-refractivity contribution is 5.80. The zero-order valence-corrected chi connectivity index (χ0v) is 12.7. The number of hydrogen-bond donors (Lipinski definition) is 3. The van der Waals surface area contributed by atoms with Crippen molar-refractivity contribution >= 4 is 16.8 Å². The molecule has 0 radical (unpaired) electrons. The molecule has 4 nitrogen and oxygen atoms in total. The van der Waals surface area contributed by atoms with Gasteiger partial charge in [0.2, 0.25) is 5.91 Å². The van der Waals surface area contributed by atoms with Gasteiger partial charge in [-0.1, -0.05) is 19.9 Å². The third kappa shape index (κ3) is 4.90. The number of benzene rings is 1. The fourth-order valence-electron chi connectivity index (χ4n) is 2.46. The lowest BCUT2D eigenvalue weighted by Crippen LogP contribution is -2.32. The third-order valence-corrected chi connectivity index (χ3v) is 3.54. The Morgan fingerprint density at radius 1 is 1.33 bits per heavy atom. The molecule has 1 unspecified atom stereocenters. The van der Waals surface area contributed by atoms with Gasteiger partial charge in [-0.05, 0) is 47.9 Å². The van der Waals surface area contributed by atoms with Gasteiger partial charge in [0, 0.05) is 24.7 Å². The molecule has 0 saturated carbocycles. The summed E-state index contributed by atoms with van der Waals surface area (Å²) in [5.41, 5.74) is 2.26. The zero-order valence-electron chi connectivity index (χ0n) is 12.7. The summed E-state index contributed by atoms with van der Waals surface area (Å²) in [6, 6.07) is 8.21. The summed E-state index contributed by atoms with van der Waals surface area (Å²) in [5, 5.41) is 13.7. The number of aromatic nitrogens is 1. The van der Waals surface area contributed by atoms with E-state index in [0.29, 0.717) is 31.7 Å². The van der Waals surface area contributed by atoms with Crippen LogP contribution in [0.5, 0.6) is 0 Å². The van der Waals surface area contributed by atoms with Gasteiger partial charge in [0.15, 0.2) is 0 Å². The first-order valence-electron chi connectivity index (χ1n) is 7.55. The summed E-state index contributed by atoms with van der Waals surface area (Å²) in [5.74, 6) is 0.428. The van der Waals surface area contributed by atoms with E-state index in [1.807, 2.05) is 24.4 Å². The zero-order chi connectivity index (χ0) is 15.2. The lowest BCUT2D eigenvalue weighted by atomic mass is 10.1. The molecule has 0 fully saturated rings. The number of hydrogen-bond acceptors (Lipinski definition) is 2. The van der Waals surface area contributed by atoms with Crippen LogP contribution in [-0.4, -0.2) is 28.6 Å². The monoisotopic (exact) mass is 288 g/mol. The summed E-state index contributed by atoms with van der Waals surface area (Å²) in [6.45, 7) is 4.46. The molecule has 3 N–H and O–H groups in total. The normalized spacial score (nSPS) is 12.8. The highest BCUT2D eigenvalue weighted by Crippen LogP contribution is 2.15. The maximum atomic E-state index is 11.8. The van der Waals surface area contributed by atoms with Crippen molar-refractivity contribution < 1.29 is 9.90 Å². The Morgan fingerprint density at radius 2 is 2.14 bits per heavy atom. The molecule has 0 aliphatic carbocycles. The van der Waals surface area contributed by atoms with Gasteiger partial charge in [-0.25, -0.2) is 0 Å². The predicted octanol–water partition coefficient (Wildman–Crippen LogP) is 2.62. The maximum absolute atomic E-state index is 11.8. The molecule has 1 atom stereocenters. The van der Waals surface area contributed by atoms with E-state index in [4.69, 9.17) is 0 Å². The van der Waals surface area contributed by atoms with E-state index < -0.39 is 6.10 Å². The Labute approximate surface area is 125 Å². The van der Waals surface area contributed by atoms with Gasteiger partial charge in [0.05, 0.1) is 6.10 Å². The largest absolute Gasteiger partial charge is 0.391 e. The lowest BCUT2D eigenvalue weighted by molar-refractivity contribution is -0.121. The minimum Gasteiger partial charge on any atom is -0.391 e. The van der Waals surface area contributed by atoms with Crippen molar-refractivity contribution in [2.75, 3.05) is 6.54 Å². The van der Waals surface area contributed by atoms with Crippen molar-refractivity contribution in [2.24, 2.45) is 5.92 Å². The first-order chi connectivity index (χ1) is 10.0. The lowest BCUT2D eigenvalue weighted by Gasteiger charge is -2.13.